The molecular weight excluding hydrogens is 225 g/mol. The molecule has 3 saturated carbocycles. The fourth-order valence-corrected chi connectivity index (χ4v) is 5.01. The van der Waals surface area contributed by atoms with Crippen LogP contribution in [0.3, 0.4) is 0 Å². The van der Waals surface area contributed by atoms with Crippen LogP contribution in [0.4, 0.5) is 0 Å². The Balaban J connectivity index is 1.57. The molecule has 0 radical (unpaired) electrons. The summed E-state index contributed by atoms with van der Waals surface area (Å²) in [7, 11) is -0.00218. The van der Waals surface area contributed by atoms with Crippen LogP contribution in [0.15, 0.2) is 0 Å². The smallest absolute Gasteiger partial charge is 0.404 e. The van der Waals surface area contributed by atoms with Crippen molar-refractivity contribution in [3.63, 3.8) is 0 Å². The normalized spacial score (nSPS) is 53.2. The number of hydrogen-bond acceptors (Lipinski definition) is 3. The van der Waals surface area contributed by atoms with Crippen molar-refractivity contribution in [2.24, 2.45) is 17.3 Å². The monoisotopic (exact) mass is 249 g/mol. The first-order chi connectivity index (χ1) is 8.52. The minimum absolute atomic E-state index is 0.00218. The van der Waals surface area contributed by atoms with Gasteiger partial charge < -0.3 is 14.6 Å². The molecule has 18 heavy (non-hydrogen) atoms. The van der Waals surface area contributed by atoms with Crippen molar-refractivity contribution in [3.05, 3.63) is 0 Å². The van der Waals surface area contributed by atoms with Gasteiger partial charge in [-0.15, -0.1) is 0 Å². The highest BCUT2D eigenvalue weighted by molar-refractivity contribution is 6.47. The molecule has 0 aromatic carbocycles. The van der Waals surface area contributed by atoms with Crippen molar-refractivity contribution in [1.29, 1.82) is 0 Å². The third kappa shape index (κ3) is 1.32. The number of nitrogens with one attached hydrogen (secondary N) is 1. The Morgan fingerprint density at radius 1 is 1.22 bits per heavy atom. The Labute approximate surface area is 110 Å². The summed E-state index contributed by atoms with van der Waals surface area (Å²) >= 11 is 0. The maximum Gasteiger partial charge on any atom is 0.475 e. The molecule has 3 aliphatic carbocycles. The summed E-state index contributed by atoms with van der Waals surface area (Å²) in [6.45, 7) is 8.25. The van der Waals surface area contributed by atoms with E-state index in [1.165, 1.54) is 25.7 Å². The Kier molecular flexibility index (Phi) is 2.30. The quantitative estimate of drug-likeness (QED) is 0.721. The molecule has 0 unspecified atom stereocenters. The van der Waals surface area contributed by atoms with Crippen LogP contribution in [0, 0.1) is 17.3 Å². The van der Waals surface area contributed by atoms with E-state index >= 15 is 0 Å². The topological polar surface area (TPSA) is 30.5 Å². The largest absolute Gasteiger partial charge is 0.475 e. The Morgan fingerprint density at radius 2 is 2.06 bits per heavy atom. The second-order valence-electron chi connectivity index (χ2n) is 7.54. The summed E-state index contributed by atoms with van der Waals surface area (Å²) in [4.78, 5) is 0. The summed E-state index contributed by atoms with van der Waals surface area (Å²) in [5.74, 6) is 1.95. The van der Waals surface area contributed by atoms with Crippen LogP contribution in [0.1, 0.15) is 46.5 Å². The number of rotatable bonds is 1. The molecule has 3 nitrogen and oxygen atoms in total. The van der Waals surface area contributed by atoms with Gasteiger partial charge in [0.25, 0.3) is 0 Å². The molecule has 5 atom stereocenters. The molecule has 0 amide bonds. The first-order valence-electron chi connectivity index (χ1n) is 7.58. The van der Waals surface area contributed by atoms with Gasteiger partial charge in [-0.25, -0.2) is 0 Å². The molecule has 0 aromatic rings. The van der Waals surface area contributed by atoms with Crippen LogP contribution in [0.25, 0.3) is 0 Å². The van der Waals surface area contributed by atoms with Gasteiger partial charge in [0.2, 0.25) is 0 Å². The van der Waals surface area contributed by atoms with Crippen molar-refractivity contribution >= 4 is 7.12 Å². The van der Waals surface area contributed by atoms with E-state index in [0.29, 0.717) is 23.4 Å². The van der Waals surface area contributed by atoms with Crippen molar-refractivity contribution < 1.29 is 9.31 Å². The zero-order chi connectivity index (χ0) is 12.5. The Hall–Kier alpha value is -0.0551. The van der Waals surface area contributed by atoms with Gasteiger partial charge in [-0.3, -0.25) is 0 Å². The predicted octanol–water partition coefficient (Wildman–Crippen LogP) is 2.01. The average molecular weight is 249 g/mol. The van der Waals surface area contributed by atoms with Crippen molar-refractivity contribution in [3.8, 4) is 0 Å². The lowest BCUT2D eigenvalue weighted by atomic mass is 9.43. The van der Waals surface area contributed by atoms with Gasteiger partial charge in [-0.1, -0.05) is 13.8 Å². The maximum absolute atomic E-state index is 6.44. The molecule has 5 aliphatic rings. The first kappa shape index (κ1) is 11.7. The lowest BCUT2D eigenvalue weighted by Crippen LogP contribution is -2.65. The molecule has 0 aromatic heterocycles. The van der Waals surface area contributed by atoms with E-state index in [9.17, 15) is 0 Å². The van der Waals surface area contributed by atoms with Crippen LogP contribution in [-0.4, -0.2) is 31.3 Å². The zero-order valence-corrected chi connectivity index (χ0v) is 11.7. The van der Waals surface area contributed by atoms with E-state index in [1.54, 1.807) is 0 Å². The van der Waals surface area contributed by atoms with Crippen molar-refractivity contribution in [1.82, 2.24) is 5.32 Å². The zero-order valence-electron chi connectivity index (χ0n) is 11.7. The third-order valence-electron chi connectivity index (χ3n) is 6.40. The fourth-order valence-electron chi connectivity index (χ4n) is 5.01. The van der Waals surface area contributed by atoms with Gasteiger partial charge in [-0.2, -0.15) is 0 Å². The van der Waals surface area contributed by atoms with Crippen molar-refractivity contribution in [2.75, 3.05) is 6.54 Å². The van der Waals surface area contributed by atoms with Crippen LogP contribution >= 0.6 is 0 Å². The van der Waals surface area contributed by atoms with Gasteiger partial charge in [0.15, 0.2) is 0 Å². The van der Waals surface area contributed by atoms with E-state index < -0.39 is 0 Å². The lowest BCUT2D eigenvalue weighted by molar-refractivity contribution is -0.199. The molecule has 2 bridgehead atoms. The van der Waals surface area contributed by atoms with Gasteiger partial charge >= 0.3 is 7.12 Å². The van der Waals surface area contributed by atoms with Crippen molar-refractivity contribution in [2.45, 2.75) is 64.1 Å². The van der Waals surface area contributed by atoms with E-state index in [1.807, 2.05) is 0 Å². The fraction of sp³-hybridized carbons (Fsp3) is 1.00. The second kappa shape index (κ2) is 3.53. The summed E-state index contributed by atoms with van der Waals surface area (Å²) in [6.07, 6.45) is 5.33. The highest BCUT2D eigenvalue weighted by atomic mass is 16.7. The van der Waals surface area contributed by atoms with Crippen LogP contribution in [0.2, 0.25) is 0 Å². The minimum atomic E-state index is -0.0345. The van der Waals surface area contributed by atoms with E-state index in [2.05, 4.69) is 26.1 Å². The molecule has 0 spiro atoms. The first-order valence-corrected chi connectivity index (χ1v) is 7.58. The van der Waals surface area contributed by atoms with Crippen LogP contribution in [-0.2, 0) is 9.31 Å². The van der Waals surface area contributed by atoms with Gasteiger partial charge in [0, 0.05) is 5.94 Å². The van der Waals surface area contributed by atoms with Gasteiger partial charge in [0.05, 0.1) is 11.7 Å². The summed E-state index contributed by atoms with van der Waals surface area (Å²) in [6, 6.07) is 0. The third-order valence-corrected chi connectivity index (χ3v) is 6.40. The molecule has 5 fully saturated rings. The van der Waals surface area contributed by atoms with E-state index in [-0.39, 0.29) is 12.7 Å². The number of hydrogen-bond donors (Lipinski definition) is 1. The summed E-state index contributed by atoms with van der Waals surface area (Å²) in [5.41, 5.74) is 0.416. The molecule has 4 heteroatoms. The molecule has 2 saturated heterocycles. The SMILES string of the molecule is CC1(C)[C@H]2C[C@H]3OB([C@@H]4CCCN4)O[C@@]3(C)[C@H]1C2. The molecular formula is C14H24BNO2. The minimum Gasteiger partial charge on any atom is -0.404 e. The molecule has 1 N–H and O–H groups in total. The van der Waals surface area contributed by atoms with Gasteiger partial charge in [0.1, 0.15) is 0 Å². The van der Waals surface area contributed by atoms with E-state index in [0.717, 1.165) is 12.5 Å². The van der Waals surface area contributed by atoms with Gasteiger partial charge in [-0.05, 0) is 56.4 Å². The second-order valence-corrected chi connectivity index (χ2v) is 7.54. The van der Waals surface area contributed by atoms with Crippen LogP contribution in [0.5, 0.6) is 0 Å². The molecule has 2 aliphatic heterocycles. The Morgan fingerprint density at radius 3 is 2.72 bits per heavy atom. The maximum atomic E-state index is 6.44. The molecule has 2 heterocycles. The Bertz CT molecular complexity index is 369. The summed E-state index contributed by atoms with van der Waals surface area (Å²) < 4.78 is 12.7. The standard InChI is InChI=1S/C14H24BNO2/c1-13(2)9-7-10(13)14(3)11(8-9)17-15(18-14)12-5-4-6-16-12/h9-12,16H,4-8H2,1-3H3/t9-,10+,11-,12+,14+/m1/s1. The lowest BCUT2D eigenvalue weighted by Gasteiger charge is -2.64. The molecule has 100 valence electrons. The average Bonchev–Trinajstić information content (AvgIpc) is 2.92. The molecule has 5 rings (SSSR count). The summed E-state index contributed by atoms with van der Waals surface area (Å²) in [5, 5.41) is 3.52. The highest BCUT2D eigenvalue weighted by Crippen LogP contribution is 2.65. The highest BCUT2D eigenvalue weighted by Gasteiger charge is 2.68. The predicted molar refractivity (Wildman–Crippen MR) is 71.1 cm³/mol. The van der Waals surface area contributed by atoms with E-state index in [4.69, 9.17) is 9.31 Å². The van der Waals surface area contributed by atoms with Crippen LogP contribution < -0.4 is 5.32 Å².